The van der Waals surface area contributed by atoms with E-state index >= 15 is 0 Å². The second-order valence-electron chi connectivity index (χ2n) is 5.35. The summed E-state index contributed by atoms with van der Waals surface area (Å²) in [4.78, 5) is 25.5. The van der Waals surface area contributed by atoms with Gasteiger partial charge in [0, 0.05) is 11.3 Å². The fraction of sp³-hybridized carbons (Fsp3) is 0.467. The highest BCUT2D eigenvalue weighted by Crippen LogP contribution is 2.34. The Kier molecular flexibility index (Phi) is 4.70. The summed E-state index contributed by atoms with van der Waals surface area (Å²) in [5.74, 6) is -0.224. The zero-order valence-electron chi connectivity index (χ0n) is 11.7. The number of carbonyl (C=O) groups excluding carboxylic acids is 1. The molecule has 1 saturated heterocycles. The van der Waals surface area contributed by atoms with Gasteiger partial charge in [-0.05, 0) is 24.5 Å². The largest absolute Gasteiger partial charge is 0.480 e. The Morgan fingerprint density at radius 1 is 1.35 bits per heavy atom. The van der Waals surface area contributed by atoms with Crippen LogP contribution in [0.2, 0.25) is 0 Å². The van der Waals surface area contributed by atoms with E-state index in [0.29, 0.717) is 17.2 Å². The van der Waals surface area contributed by atoms with E-state index in [9.17, 15) is 14.7 Å². The Bertz CT molecular complexity index is 489. The summed E-state index contributed by atoms with van der Waals surface area (Å²) < 4.78 is 0. The van der Waals surface area contributed by atoms with Gasteiger partial charge >= 0.3 is 5.97 Å². The zero-order valence-corrected chi connectivity index (χ0v) is 12.5. The fourth-order valence-electron chi connectivity index (χ4n) is 2.34. The van der Waals surface area contributed by atoms with Crippen molar-refractivity contribution in [3.63, 3.8) is 0 Å². The number of amides is 1. The molecule has 1 aliphatic heterocycles. The lowest BCUT2D eigenvalue weighted by molar-refractivity contribution is -0.141. The molecule has 0 spiro atoms. The van der Waals surface area contributed by atoms with Crippen molar-refractivity contribution in [1.82, 2.24) is 4.90 Å². The van der Waals surface area contributed by atoms with Crippen molar-refractivity contribution in [3.05, 3.63) is 35.9 Å². The molecule has 2 rings (SSSR count). The van der Waals surface area contributed by atoms with Crippen molar-refractivity contribution in [2.75, 3.05) is 5.75 Å². The van der Waals surface area contributed by atoms with Gasteiger partial charge in [-0.2, -0.15) is 0 Å². The summed E-state index contributed by atoms with van der Waals surface area (Å²) in [5.41, 5.74) is 0.551. The van der Waals surface area contributed by atoms with Crippen molar-refractivity contribution in [2.24, 2.45) is 5.92 Å². The summed E-state index contributed by atoms with van der Waals surface area (Å²) in [5, 5.41) is 9.27. The van der Waals surface area contributed by atoms with E-state index in [1.54, 1.807) is 40.9 Å². The lowest BCUT2D eigenvalue weighted by Crippen LogP contribution is -2.45. The zero-order chi connectivity index (χ0) is 14.7. The van der Waals surface area contributed by atoms with Crippen LogP contribution in [0.1, 0.15) is 30.6 Å². The summed E-state index contributed by atoms with van der Waals surface area (Å²) in [6, 6.07) is 8.17. The minimum atomic E-state index is -0.923. The lowest BCUT2D eigenvalue weighted by atomic mass is 10.1. The maximum absolute atomic E-state index is 12.6. The molecule has 108 valence electrons. The van der Waals surface area contributed by atoms with E-state index in [-0.39, 0.29) is 11.3 Å². The first-order chi connectivity index (χ1) is 9.50. The van der Waals surface area contributed by atoms with Crippen LogP contribution < -0.4 is 0 Å². The average Bonchev–Trinajstić information content (AvgIpc) is 2.82. The number of thioether (sulfide) groups is 1. The molecular weight excluding hydrogens is 274 g/mol. The van der Waals surface area contributed by atoms with E-state index in [1.807, 2.05) is 6.07 Å². The number of nitrogens with zero attached hydrogens (tertiary/aromatic N) is 1. The van der Waals surface area contributed by atoms with Crippen molar-refractivity contribution < 1.29 is 14.7 Å². The normalized spacial score (nSPS) is 22.2. The molecule has 1 aromatic rings. The Labute approximate surface area is 123 Å². The lowest BCUT2D eigenvalue weighted by Gasteiger charge is -2.28. The predicted octanol–water partition coefficient (Wildman–Crippen LogP) is 2.70. The Morgan fingerprint density at radius 3 is 2.55 bits per heavy atom. The van der Waals surface area contributed by atoms with Crippen LogP contribution in [0.25, 0.3) is 0 Å². The molecule has 0 unspecified atom stereocenters. The Morgan fingerprint density at radius 2 is 2.00 bits per heavy atom. The van der Waals surface area contributed by atoms with Gasteiger partial charge in [0.25, 0.3) is 5.91 Å². The molecule has 0 bridgehead atoms. The van der Waals surface area contributed by atoms with Crippen LogP contribution in [0.15, 0.2) is 30.3 Å². The van der Waals surface area contributed by atoms with E-state index in [0.717, 1.165) is 6.42 Å². The van der Waals surface area contributed by atoms with Gasteiger partial charge < -0.3 is 10.0 Å². The SMILES string of the molecule is CC(C)C[C@@H]1SC[C@H](C(=O)O)N1C(=O)c1ccccc1. The standard InChI is InChI=1S/C15H19NO3S/c1-10(2)8-13-16(12(9-20-13)15(18)19)14(17)11-6-4-3-5-7-11/h3-7,10,12-13H,8-9H2,1-2H3,(H,18,19)/t12-,13+/m1/s1. The maximum Gasteiger partial charge on any atom is 0.327 e. The molecule has 1 aliphatic rings. The van der Waals surface area contributed by atoms with Gasteiger partial charge in [0.05, 0.1) is 5.37 Å². The van der Waals surface area contributed by atoms with Crippen LogP contribution >= 0.6 is 11.8 Å². The molecule has 1 aromatic carbocycles. The topological polar surface area (TPSA) is 57.6 Å². The number of carboxylic acid groups (broad SMARTS) is 1. The van der Waals surface area contributed by atoms with E-state index in [4.69, 9.17) is 0 Å². The summed E-state index contributed by atoms with van der Waals surface area (Å²) in [6.07, 6.45) is 0.813. The molecule has 0 aliphatic carbocycles. The second kappa shape index (κ2) is 6.31. The van der Waals surface area contributed by atoms with E-state index in [2.05, 4.69) is 13.8 Å². The Balaban J connectivity index is 2.26. The number of benzene rings is 1. The number of hydrogen-bond acceptors (Lipinski definition) is 3. The van der Waals surface area contributed by atoms with Crippen LogP contribution in [0.5, 0.6) is 0 Å². The molecule has 0 aromatic heterocycles. The third-order valence-electron chi connectivity index (χ3n) is 3.31. The summed E-state index contributed by atoms with van der Waals surface area (Å²) >= 11 is 1.56. The third kappa shape index (κ3) is 3.15. The number of carbonyl (C=O) groups is 2. The van der Waals surface area contributed by atoms with Crippen molar-refractivity contribution in [1.29, 1.82) is 0 Å². The maximum atomic E-state index is 12.6. The molecule has 20 heavy (non-hydrogen) atoms. The van der Waals surface area contributed by atoms with Crippen LogP contribution in [0.3, 0.4) is 0 Å². The molecule has 1 heterocycles. The van der Waals surface area contributed by atoms with Crippen LogP contribution in [0.4, 0.5) is 0 Å². The van der Waals surface area contributed by atoms with Crippen LogP contribution in [0, 0.1) is 5.92 Å². The minimum absolute atomic E-state index is 0.0520. The van der Waals surface area contributed by atoms with E-state index in [1.165, 1.54) is 0 Å². The van der Waals surface area contributed by atoms with Gasteiger partial charge in [-0.15, -0.1) is 11.8 Å². The van der Waals surface area contributed by atoms with Crippen LogP contribution in [-0.2, 0) is 4.79 Å². The van der Waals surface area contributed by atoms with Gasteiger partial charge in [-0.3, -0.25) is 4.79 Å². The molecule has 2 atom stereocenters. The van der Waals surface area contributed by atoms with Gasteiger partial charge in [-0.1, -0.05) is 32.0 Å². The Hall–Kier alpha value is -1.49. The number of hydrogen-bond donors (Lipinski definition) is 1. The predicted molar refractivity (Wildman–Crippen MR) is 79.7 cm³/mol. The fourth-order valence-corrected chi connectivity index (χ4v) is 3.97. The number of rotatable bonds is 4. The van der Waals surface area contributed by atoms with Crippen molar-refractivity contribution >= 4 is 23.6 Å². The first-order valence-corrected chi connectivity index (χ1v) is 7.77. The van der Waals surface area contributed by atoms with Gasteiger partial charge in [0.1, 0.15) is 6.04 Å². The first kappa shape index (κ1) is 14.9. The first-order valence-electron chi connectivity index (χ1n) is 6.73. The number of carboxylic acids is 1. The highest BCUT2D eigenvalue weighted by molar-refractivity contribution is 8.00. The van der Waals surface area contributed by atoms with Crippen molar-refractivity contribution in [3.8, 4) is 0 Å². The second-order valence-corrected chi connectivity index (χ2v) is 6.56. The highest BCUT2D eigenvalue weighted by Gasteiger charge is 2.41. The van der Waals surface area contributed by atoms with Crippen molar-refractivity contribution in [2.45, 2.75) is 31.7 Å². The molecule has 4 nitrogen and oxygen atoms in total. The van der Waals surface area contributed by atoms with Crippen LogP contribution in [-0.4, -0.2) is 39.1 Å². The van der Waals surface area contributed by atoms with Gasteiger partial charge in [0.2, 0.25) is 0 Å². The summed E-state index contributed by atoms with van der Waals surface area (Å²) in [6.45, 7) is 4.17. The molecule has 1 fully saturated rings. The molecule has 1 amide bonds. The smallest absolute Gasteiger partial charge is 0.327 e. The molecule has 0 saturated carbocycles. The molecule has 0 radical (unpaired) electrons. The molecule has 5 heteroatoms. The van der Waals surface area contributed by atoms with Gasteiger partial charge in [0.15, 0.2) is 0 Å². The monoisotopic (exact) mass is 293 g/mol. The quantitative estimate of drug-likeness (QED) is 0.927. The molecule has 1 N–H and O–H groups in total. The van der Waals surface area contributed by atoms with E-state index < -0.39 is 12.0 Å². The minimum Gasteiger partial charge on any atom is -0.480 e. The third-order valence-corrected chi connectivity index (χ3v) is 4.62. The average molecular weight is 293 g/mol. The molecular formula is C15H19NO3S. The summed E-state index contributed by atoms with van der Waals surface area (Å²) in [7, 11) is 0. The highest BCUT2D eigenvalue weighted by atomic mass is 32.2. The van der Waals surface area contributed by atoms with Gasteiger partial charge in [-0.25, -0.2) is 4.79 Å². The number of aliphatic carboxylic acids is 1.